The molecule has 20 heavy (non-hydrogen) atoms. The van der Waals surface area contributed by atoms with E-state index in [4.69, 9.17) is 0 Å². The number of aryl methyl sites for hydroxylation is 1. The second-order valence-corrected chi connectivity index (χ2v) is 5.11. The molecule has 1 heterocycles. The van der Waals surface area contributed by atoms with Gasteiger partial charge in [-0.2, -0.15) is 0 Å². The predicted molar refractivity (Wildman–Crippen MR) is 81.6 cm³/mol. The van der Waals surface area contributed by atoms with Gasteiger partial charge in [-0.15, -0.1) is 0 Å². The van der Waals surface area contributed by atoms with E-state index < -0.39 is 6.10 Å². The lowest BCUT2D eigenvalue weighted by molar-refractivity contribution is 0.178. The lowest BCUT2D eigenvalue weighted by Crippen LogP contribution is -2.03. The van der Waals surface area contributed by atoms with Crippen molar-refractivity contribution in [2.45, 2.75) is 19.4 Å². The van der Waals surface area contributed by atoms with Crippen LogP contribution in [0.5, 0.6) is 0 Å². The summed E-state index contributed by atoms with van der Waals surface area (Å²) in [6, 6.07) is 18.1. The first-order chi connectivity index (χ1) is 9.74. The standard InChI is InChI=1S/C18H17NO/c1-13-6-2-3-7-14(13)11-18(20)16-10-15-8-4-5-9-17(15)19-12-16/h2-10,12,18,20H,11H2,1H3. The summed E-state index contributed by atoms with van der Waals surface area (Å²) in [6.45, 7) is 2.07. The third-order valence-electron chi connectivity index (χ3n) is 3.67. The fraction of sp³-hybridized carbons (Fsp3) is 0.167. The van der Waals surface area contributed by atoms with Gasteiger partial charge < -0.3 is 5.11 Å². The molecule has 0 aliphatic heterocycles. The summed E-state index contributed by atoms with van der Waals surface area (Å²) in [7, 11) is 0. The first-order valence-corrected chi connectivity index (χ1v) is 6.81. The summed E-state index contributed by atoms with van der Waals surface area (Å²) in [6.07, 6.45) is 1.87. The minimum Gasteiger partial charge on any atom is -0.388 e. The Hall–Kier alpha value is -2.19. The van der Waals surface area contributed by atoms with E-state index in [2.05, 4.69) is 24.0 Å². The molecule has 100 valence electrons. The van der Waals surface area contributed by atoms with Crippen LogP contribution in [0.15, 0.2) is 60.8 Å². The van der Waals surface area contributed by atoms with E-state index in [1.165, 1.54) is 11.1 Å². The summed E-state index contributed by atoms with van der Waals surface area (Å²) >= 11 is 0. The van der Waals surface area contributed by atoms with Gasteiger partial charge in [0.15, 0.2) is 0 Å². The molecule has 0 saturated carbocycles. The Kier molecular flexibility index (Phi) is 3.48. The van der Waals surface area contributed by atoms with Crippen molar-refractivity contribution in [3.8, 4) is 0 Å². The van der Waals surface area contributed by atoms with E-state index >= 15 is 0 Å². The van der Waals surface area contributed by atoms with E-state index in [0.717, 1.165) is 16.5 Å². The number of nitrogens with zero attached hydrogens (tertiary/aromatic N) is 1. The zero-order valence-corrected chi connectivity index (χ0v) is 11.5. The van der Waals surface area contributed by atoms with E-state index in [-0.39, 0.29) is 0 Å². The Labute approximate surface area is 118 Å². The van der Waals surface area contributed by atoms with E-state index in [1.54, 1.807) is 6.20 Å². The molecule has 0 radical (unpaired) electrons. The lowest BCUT2D eigenvalue weighted by Gasteiger charge is -2.13. The molecule has 1 aromatic heterocycles. The molecule has 2 nitrogen and oxygen atoms in total. The van der Waals surface area contributed by atoms with Crippen LogP contribution in [0.25, 0.3) is 10.9 Å². The third kappa shape index (κ3) is 2.56. The number of aliphatic hydroxyl groups is 1. The van der Waals surface area contributed by atoms with Gasteiger partial charge in [-0.05, 0) is 35.7 Å². The van der Waals surface area contributed by atoms with Crippen LogP contribution < -0.4 is 0 Å². The molecular formula is C18H17NO. The van der Waals surface area contributed by atoms with Crippen molar-refractivity contribution in [1.29, 1.82) is 0 Å². The number of benzene rings is 2. The highest BCUT2D eigenvalue weighted by atomic mass is 16.3. The number of fused-ring (bicyclic) bond motifs is 1. The van der Waals surface area contributed by atoms with Gasteiger partial charge in [-0.25, -0.2) is 0 Å². The first-order valence-electron chi connectivity index (χ1n) is 6.81. The largest absolute Gasteiger partial charge is 0.388 e. The summed E-state index contributed by atoms with van der Waals surface area (Å²) in [5, 5.41) is 11.5. The highest BCUT2D eigenvalue weighted by Gasteiger charge is 2.11. The Morgan fingerprint density at radius 3 is 2.65 bits per heavy atom. The average molecular weight is 263 g/mol. The van der Waals surface area contributed by atoms with Crippen LogP contribution in [-0.4, -0.2) is 10.1 Å². The molecule has 2 aromatic carbocycles. The first kappa shape index (κ1) is 12.8. The number of hydrogen-bond acceptors (Lipinski definition) is 2. The van der Waals surface area contributed by atoms with Crippen molar-refractivity contribution in [1.82, 2.24) is 4.98 Å². The zero-order chi connectivity index (χ0) is 13.9. The lowest BCUT2D eigenvalue weighted by atomic mass is 9.98. The minimum absolute atomic E-state index is 0.520. The maximum Gasteiger partial charge on any atom is 0.0845 e. The summed E-state index contributed by atoms with van der Waals surface area (Å²) < 4.78 is 0. The quantitative estimate of drug-likeness (QED) is 0.779. The molecular weight excluding hydrogens is 246 g/mol. The summed E-state index contributed by atoms with van der Waals surface area (Å²) in [4.78, 5) is 4.41. The van der Waals surface area contributed by atoms with E-state index in [0.29, 0.717) is 6.42 Å². The molecule has 1 N–H and O–H groups in total. The van der Waals surface area contributed by atoms with Gasteiger partial charge in [0.1, 0.15) is 0 Å². The van der Waals surface area contributed by atoms with Crippen LogP contribution in [0, 0.1) is 6.92 Å². The fourth-order valence-corrected chi connectivity index (χ4v) is 2.44. The highest BCUT2D eigenvalue weighted by molar-refractivity contribution is 5.78. The minimum atomic E-state index is -0.520. The van der Waals surface area contributed by atoms with E-state index in [1.807, 2.05) is 42.5 Å². The van der Waals surface area contributed by atoms with Crippen LogP contribution in [0.3, 0.4) is 0 Å². The Morgan fingerprint density at radius 2 is 1.80 bits per heavy atom. The van der Waals surface area contributed by atoms with Crippen LogP contribution in [0.4, 0.5) is 0 Å². The molecule has 0 spiro atoms. The van der Waals surface area contributed by atoms with Crippen molar-refractivity contribution in [2.24, 2.45) is 0 Å². The second-order valence-electron chi connectivity index (χ2n) is 5.11. The molecule has 0 aliphatic rings. The number of aromatic nitrogens is 1. The SMILES string of the molecule is Cc1ccccc1CC(O)c1cnc2ccccc2c1. The van der Waals surface area contributed by atoms with Crippen LogP contribution in [-0.2, 0) is 6.42 Å². The van der Waals surface area contributed by atoms with Gasteiger partial charge >= 0.3 is 0 Å². The normalized spacial score (nSPS) is 12.5. The fourth-order valence-electron chi connectivity index (χ4n) is 2.44. The smallest absolute Gasteiger partial charge is 0.0845 e. The number of pyridine rings is 1. The number of rotatable bonds is 3. The maximum atomic E-state index is 10.4. The average Bonchev–Trinajstić information content (AvgIpc) is 2.49. The van der Waals surface area contributed by atoms with Crippen molar-refractivity contribution < 1.29 is 5.11 Å². The molecule has 0 saturated heterocycles. The molecule has 3 rings (SSSR count). The Bertz CT molecular complexity index is 736. The zero-order valence-electron chi connectivity index (χ0n) is 11.5. The molecule has 3 aromatic rings. The molecule has 0 bridgehead atoms. The van der Waals surface area contributed by atoms with Crippen molar-refractivity contribution in [2.75, 3.05) is 0 Å². The Morgan fingerprint density at radius 1 is 1.05 bits per heavy atom. The summed E-state index contributed by atoms with van der Waals surface area (Å²) in [5.41, 5.74) is 4.21. The molecule has 1 unspecified atom stereocenters. The Balaban J connectivity index is 1.89. The summed E-state index contributed by atoms with van der Waals surface area (Å²) in [5.74, 6) is 0. The number of hydrogen-bond donors (Lipinski definition) is 1. The number of aliphatic hydroxyl groups excluding tert-OH is 1. The van der Waals surface area contributed by atoms with Crippen LogP contribution >= 0.6 is 0 Å². The van der Waals surface area contributed by atoms with Crippen molar-refractivity contribution in [3.05, 3.63) is 77.5 Å². The van der Waals surface area contributed by atoms with E-state index in [9.17, 15) is 5.11 Å². The number of para-hydroxylation sites is 1. The third-order valence-corrected chi connectivity index (χ3v) is 3.67. The highest BCUT2D eigenvalue weighted by Crippen LogP contribution is 2.22. The predicted octanol–water partition coefficient (Wildman–Crippen LogP) is 3.82. The van der Waals surface area contributed by atoms with Crippen LogP contribution in [0.2, 0.25) is 0 Å². The monoisotopic (exact) mass is 263 g/mol. The van der Waals surface area contributed by atoms with Gasteiger partial charge in [-0.1, -0.05) is 42.5 Å². The topological polar surface area (TPSA) is 33.1 Å². The van der Waals surface area contributed by atoms with Crippen LogP contribution in [0.1, 0.15) is 22.8 Å². The molecule has 1 atom stereocenters. The van der Waals surface area contributed by atoms with Gasteiger partial charge in [0, 0.05) is 18.0 Å². The molecule has 0 aliphatic carbocycles. The van der Waals surface area contributed by atoms with Gasteiger partial charge in [0.25, 0.3) is 0 Å². The maximum absolute atomic E-state index is 10.4. The van der Waals surface area contributed by atoms with Crippen molar-refractivity contribution in [3.63, 3.8) is 0 Å². The molecule has 0 amide bonds. The van der Waals surface area contributed by atoms with Crippen molar-refractivity contribution >= 4 is 10.9 Å². The van der Waals surface area contributed by atoms with Gasteiger partial charge in [0.05, 0.1) is 11.6 Å². The van der Waals surface area contributed by atoms with Gasteiger partial charge in [0.2, 0.25) is 0 Å². The second kappa shape index (κ2) is 5.43. The molecule has 0 fully saturated rings. The van der Waals surface area contributed by atoms with Gasteiger partial charge in [-0.3, -0.25) is 4.98 Å². The molecule has 2 heteroatoms.